The molecule has 0 bridgehead atoms. The van der Waals surface area contributed by atoms with Crippen molar-refractivity contribution in [2.45, 2.75) is 83.1 Å². The Hall–Kier alpha value is -3.46. The topological polar surface area (TPSA) is 273 Å². The van der Waals surface area contributed by atoms with Crippen molar-refractivity contribution < 1.29 is 39.3 Å². The normalized spacial score (nSPS) is 15.8. The van der Waals surface area contributed by atoms with Crippen molar-refractivity contribution in [3.8, 4) is 0 Å². The van der Waals surface area contributed by atoms with E-state index in [4.69, 9.17) is 22.3 Å². The number of amides is 3. The van der Waals surface area contributed by atoms with Crippen LogP contribution in [-0.2, 0) is 24.0 Å². The van der Waals surface area contributed by atoms with Gasteiger partial charge in [-0.15, -0.1) is 0 Å². The van der Waals surface area contributed by atoms with Crippen LogP contribution < -0.4 is 33.2 Å². The second-order valence-corrected chi connectivity index (χ2v) is 8.48. The van der Waals surface area contributed by atoms with Gasteiger partial charge in [0.05, 0.1) is 12.1 Å². The Labute approximate surface area is 209 Å². The average Bonchev–Trinajstić information content (AvgIpc) is 2.79. The summed E-state index contributed by atoms with van der Waals surface area (Å²) in [6.45, 7) is 4.84. The Kier molecular flexibility index (Phi) is 14.7. The van der Waals surface area contributed by atoms with Crippen molar-refractivity contribution in [2.24, 2.45) is 28.1 Å². The zero-order chi connectivity index (χ0) is 28.0. The van der Waals surface area contributed by atoms with Crippen molar-refractivity contribution >= 4 is 35.6 Å². The molecule has 0 aromatic heterocycles. The average molecular weight is 518 g/mol. The lowest BCUT2D eigenvalue weighted by Crippen LogP contribution is -2.58. The number of aliphatic hydroxyl groups excluding tert-OH is 1. The molecule has 3 amide bonds. The quantitative estimate of drug-likeness (QED) is 0.0539. The lowest BCUT2D eigenvalue weighted by Gasteiger charge is -2.26. The van der Waals surface area contributed by atoms with Crippen molar-refractivity contribution in [2.75, 3.05) is 6.54 Å². The Morgan fingerprint density at radius 2 is 1.42 bits per heavy atom. The Morgan fingerprint density at radius 1 is 0.889 bits per heavy atom. The maximum absolute atomic E-state index is 13.0. The first-order valence-corrected chi connectivity index (χ1v) is 11.6. The lowest BCUT2D eigenvalue weighted by atomic mass is 9.98. The summed E-state index contributed by atoms with van der Waals surface area (Å²) in [4.78, 5) is 64.5. The van der Waals surface area contributed by atoms with Crippen LogP contribution in [0.5, 0.6) is 0 Å². The zero-order valence-electron chi connectivity index (χ0n) is 20.8. The van der Waals surface area contributed by atoms with Crippen LogP contribution in [0.4, 0.5) is 0 Å². The van der Waals surface area contributed by atoms with E-state index in [-0.39, 0.29) is 37.7 Å². The van der Waals surface area contributed by atoms with E-state index in [0.717, 1.165) is 0 Å². The summed E-state index contributed by atoms with van der Waals surface area (Å²) in [7, 11) is 0. The molecule has 0 radical (unpaired) electrons. The molecule has 6 atom stereocenters. The van der Waals surface area contributed by atoms with Crippen molar-refractivity contribution in [1.29, 1.82) is 0 Å². The van der Waals surface area contributed by atoms with Gasteiger partial charge in [0.15, 0.2) is 12.0 Å². The van der Waals surface area contributed by atoms with Gasteiger partial charge in [0.1, 0.15) is 12.1 Å². The molecular formula is C21H39N7O8. The van der Waals surface area contributed by atoms with Crippen molar-refractivity contribution in [1.82, 2.24) is 16.0 Å². The van der Waals surface area contributed by atoms with E-state index in [1.807, 2.05) is 6.92 Å². The highest BCUT2D eigenvalue weighted by atomic mass is 16.4. The summed E-state index contributed by atoms with van der Waals surface area (Å²) >= 11 is 0. The minimum absolute atomic E-state index is 0.0352. The van der Waals surface area contributed by atoms with Gasteiger partial charge in [-0.3, -0.25) is 24.2 Å². The second-order valence-electron chi connectivity index (χ2n) is 8.48. The van der Waals surface area contributed by atoms with E-state index in [9.17, 15) is 34.2 Å². The van der Waals surface area contributed by atoms with E-state index in [2.05, 4.69) is 20.9 Å². The first kappa shape index (κ1) is 32.5. The molecule has 0 aliphatic rings. The van der Waals surface area contributed by atoms with Gasteiger partial charge < -0.3 is 48.5 Å². The van der Waals surface area contributed by atoms with Gasteiger partial charge in [0, 0.05) is 13.0 Å². The number of carboxylic acids is 2. The molecule has 15 nitrogen and oxygen atoms in total. The molecule has 12 N–H and O–H groups in total. The molecule has 6 unspecified atom stereocenters. The number of aliphatic hydroxyl groups is 1. The summed E-state index contributed by atoms with van der Waals surface area (Å²) in [6.07, 6.45) is -1.42. The number of rotatable bonds is 17. The van der Waals surface area contributed by atoms with Gasteiger partial charge in [-0.25, -0.2) is 4.79 Å². The minimum atomic E-state index is -1.65. The standard InChI is InChI=1S/C21H39N7O8/c1-4-10(2)15(22)19(34)27-13(7-8-14(30)31)17(32)26-12(6-5-9-25-21(23)24)18(33)28-16(11(3)29)20(35)36/h10-13,15-16,29H,4-9,22H2,1-3H3,(H,26,32)(H,27,34)(H,28,33)(H,30,31)(H,35,36)(H4,23,24,25). The van der Waals surface area contributed by atoms with E-state index < -0.39 is 66.4 Å². The van der Waals surface area contributed by atoms with Crippen molar-refractivity contribution in [3.63, 3.8) is 0 Å². The number of nitrogens with two attached hydrogens (primary N) is 3. The molecule has 0 aromatic rings. The highest BCUT2D eigenvalue weighted by molar-refractivity contribution is 5.94. The third-order valence-corrected chi connectivity index (χ3v) is 5.46. The van der Waals surface area contributed by atoms with Crippen LogP contribution in [-0.4, -0.2) is 87.8 Å². The zero-order valence-corrected chi connectivity index (χ0v) is 20.8. The molecule has 0 fully saturated rings. The van der Waals surface area contributed by atoms with Crippen LogP contribution in [0.3, 0.4) is 0 Å². The van der Waals surface area contributed by atoms with Crippen LogP contribution in [0.1, 0.15) is 52.9 Å². The second kappa shape index (κ2) is 16.3. The summed E-state index contributed by atoms with van der Waals surface area (Å²) in [5.41, 5.74) is 16.4. The van der Waals surface area contributed by atoms with E-state index >= 15 is 0 Å². The molecule has 0 rings (SSSR count). The van der Waals surface area contributed by atoms with E-state index in [1.54, 1.807) is 6.92 Å². The SMILES string of the molecule is CCC(C)C(N)C(=O)NC(CCC(=O)O)C(=O)NC(CCCN=C(N)N)C(=O)NC(C(=O)O)C(C)O. The number of aliphatic carboxylic acids is 2. The van der Waals surface area contributed by atoms with E-state index in [0.29, 0.717) is 6.42 Å². The maximum atomic E-state index is 13.0. The summed E-state index contributed by atoms with van der Waals surface area (Å²) < 4.78 is 0. The van der Waals surface area contributed by atoms with Crippen LogP contribution in [0.15, 0.2) is 4.99 Å². The number of nitrogens with one attached hydrogen (secondary N) is 3. The number of carbonyl (C=O) groups is 5. The first-order valence-electron chi connectivity index (χ1n) is 11.6. The predicted molar refractivity (Wildman–Crippen MR) is 129 cm³/mol. The van der Waals surface area contributed by atoms with Crippen LogP contribution >= 0.6 is 0 Å². The molecule has 206 valence electrons. The molecule has 0 aliphatic heterocycles. The minimum Gasteiger partial charge on any atom is -0.481 e. The van der Waals surface area contributed by atoms with Gasteiger partial charge in [-0.2, -0.15) is 0 Å². The summed E-state index contributed by atoms with van der Waals surface area (Å²) in [5.74, 6) is -5.54. The largest absolute Gasteiger partial charge is 0.481 e. The van der Waals surface area contributed by atoms with Crippen LogP contribution in [0, 0.1) is 5.92 Å². The fourth-order valence-corrected chi connectivity index (χ4v) is 3.00. The molecule has 0 aliphatic carbocycles. The number of hydrogen-bond donors (Lipinski definition) is 9. The smallest absolute Gasteiger partial charge is 0.328 e. The van der Waals surface area contributed by atoms with Crippen LogP contribution in [0.25, 0.3) is 0 Å². The Morgan fingerprint density at radius 3 is 1.89 bits per heavy atom. The Balaban J connectivity index is 5.72. The van der Waals surface area contributed by atoms with Gasteiger partial charge in [0.25, 0.3) is 0 Å². The molecular weight excluding hydrogens is 478 g/mol. The molecule has 0 heterocycles. The lowest BCUT2D eigenvalue weighted by molar-refractivity contribution is -0.145. The van der Waals surface area contributed by atoms with E-state index in [1.165, 1.54) is 6.92 Å². The highest BCUT2D eigenvalue weighted by Crippen LogP contribution is 2.08. The molecule has 0 aromatic carbocycles. The monoisotopic (exact) mass is 517 g/mol. The molecule has 0 spiro atoms. The number of aliphatic imine (C=N–C) groups is 1. The third kappa shape index (κ3) is 12.3. The molecule has 0 saturated carbocycles. The van der Waals surface area contributed by atoms with Crippen molar-refractivity contribution in [3.05, 3.63) is 0 Å². The fourth-order valence-electron chi connectivity index (χ4n) is 3.00. The Bertz CT molecular complexity index is 801. The number of hydrogen-bond acceptors (Lipinski definition) is 8. The molecule has 15 heteroatoms. The van der Waals surface area contributed by atoms with Gasteiger partial charge in [0.2, 0.25) is 17.7 Å². The number of nitrogens with zero attached hydrogens (tertiary/aromatic N) is 1. The number of guanidine groups is 1. The maximum Gasteiger partial charge on any atom is 0.328 e. The molecule has 0 saturated heterocycles. The number of carboxylic acid groups (broad SMARTS) is 2. The van der Waals surface area contributed by atoms with Gasteiger partial charge in [-0.05, 0) is 32.1 Å². The predicted octanol–water partition coefficient (Wildman–Crippen LogP) is -2.80. The van der Waals surface area contributed by atoms with Gasteiger partial charge in [-0.1, -0.05) is 20.3 Å². The summed E-state index contributed by atoms with van der Waals surface area (Å²) in [5, 5.41) is 34.9. The number of carbonyl (C=O) groups excluding carboxylic acids is 3. The third-order valence-electron chi connectivity index (χ3n) is 5.46. The fraction of sp³-hybridized carbons (Fsp3) is 0.714. The highest BCUT2D eigenvalue weighted by Gasteiger charge is 2.32. The first-order chi connectivity index (χ1) is 16.7. The van der Waals surface area contributed by atoms with Gasteiger partial charge >= 0.3 is 11.9 Å². The summed E-state index contributed by atoms with van der Waals surface area (Å²) in [6, 6.07) is -5.23. The molecule has 36 heavy (non-hydrogen) atoms. The van der Waals surface area contributed by atoms with Crippen LogP contribution in [0.2, 0.25) is 0 Å².